The largest absolute Gasteiger partial charge is 0.459 e. The number of azide groups is 1. The molecule has 0 saturated carbocycles. The third-order valence-electron chi connectivity index (χ3n) is 7.49. The molecule has 2 atom stereocenters. The van der Waals surface area contributed by atoms with Gasteiger partial charge >= 0.3 is 19.2 Å². The van der Waals surface area contributed by atoms with Crippen LogP contribution in [0.25, 0.3) is 10.4 Å². The van der Waals surface area contributed by atoms with Crippen molar-refractivity contribution in [2.75, 3.05) is 6.54 Å². The summed E-state index contributed by atoms with van der Waals surface area (Å²) in [6.45, 7) is 13.5. The van der Waals surface area contributed by atoms with Crippen LogP contribution in [0.15, 0.2) is 35.4 Å². The lowest BCUT2D eigenvalue weighted by Gasteiger charge is -2.37. The molecule has 2 aliphatic heterocycles. The maximum atomic E-state index is 13.7. The van der Waals surface area contributed by atoms with Gasteiger partial charge in [0, 0.05) is 11.5 Å². The van der Waals surface area contributed by atoms with Crippen LogP contribution in [0.4, 0.5) is 4.79 Å². The van der Waals surface area contributed by atoms with Gasteiger partial charge in [0.05, 0.1) is 17.2 Å². The molecule has 0 spiro atoms. The number of esters is 1. The molecule has 11 heteroatoms. The molecule has 0 bridgehead atoms. The molecule has 1 aromatic carbocycles. The fourth-order valence-corrected chi connectivity index (χ4v) is 4.87. The van der Waals surface area contributed by atoms with E-state index in [1.807, 2.05) is 58.0 Å². The van der Waals surface area contributed by atoms with E-state index >= 15 is 0 Å². The number of benzene rings is 1. The van der Waals surface area contributed by atoms with Crippen LogP contribution in [0.3, 0.4) is 0 Å². The van der Waals surface area contributed by atoms with E-state index in [-0.39, 0.29) is 26.7 Å². The SMILES string of the molecule is CC(C)(C)OC(=O)N1CC(N=[N+]=[N-])CC1(CCCCB1OC(C)(C)C(C)(C)O1)C(=O)OCc1ccccc1. The molecule has 2 saturated heterocycles. The number of likely N-dealkylation sites (tertiary alicyclic amines) is 1. The van der Waals surface area contributed by atoms with Crippen LogP contribution in [0, 0.1) is 0 Å². The molecule has 38 heavy (non-hydrogen) atoms. The van der Waals surface area contributed by atoms with Gasteiger partial charge in [-0.3, -0.25) is 4.90 Å². The lowest BCUT2D eigenvalue weighted by atomic mass is 9.80. The summed E-state index contributed by atoms with van der Waals surface area (Å²) < 4.78 is 23.6. The van der Waals surface area contributed by atoms with Gasteiger partial charge in [0.1, 0.15) is 17.7 Å². The summed E-state index contributed by atoms with van der Waals surface area (Å²) in [5, 5.41) is 3.86. The van der Waals surface area contributed by atoms with Crippen molar-refractivity contribution < 1.29 is 28.4 Å². The second-order valence-corrected chi connectivity index (χ2v) is 12.2. The van der Waals surface area contributed by atoms with Gasteiger partial charge in [-0.25, -0.2) is 9.59 Å². The van der Waals surface area contributed by atoms with E-state index in [0.717, 1.165) is 5.56 Å². The molecule has 0 aliphatic carbocycles. The predicted octanol–water partition coefficient (Wildman–Crippen LogP) is 6.05. The van der Waals surface area contributed by atoms with Gasteiger partial charge in [-0.15, -0.1) is 0 Å². The molecule has 0 N–H and O–H groups in total. The van der Waals surface area contributed by atoms with E-state index in [2.05, 4.69) is 10.0 Å². The van der Waals surface area contributed by atoms with Crippen molar-refractivity contribution in [1.29, 1.82) is 0 Å². The zero-order valence-electron chi connectivity index (χ0n) is 23.7. The first-order valence-corrected chi connectivity index (χ1v) is 13.3. The summed E-state index contributed by atoms with van der Waals surface area (Å²) in [6, 6.07) is 8.80. The second kappa shape index (κ2) is 11.6. The average molecular weight is 528 g/mol. The van der Waals surface area contributed by atoms with Gasteiger partial charge in [0.15, 0.2) is 0 Å². The molecule has 2 aliphatic rings. The van der Waals surface area contributed by atoms with Gasteiger partial charge in [-0.05, 0) is 78.7 Å². The number of hydrogen-bond acceptors (Lipinski definition) is 7. The molecule has 2 heterocycles. The highest BCUT2D eigenvalue weighted by Gasteiger charge is 2.55. The standard InChI is InChI=1S/C27H41BN4O6/c1-24(2,3)36-23(34)32-18-21(30-31-29)17-27(32,22(33)35-19-20-13-9-8-10-14-20)15-11-12-16-28-37-25(4,5)26(6,7)38-28/h8-10,13-14,21H,11-12,15-19H2,1-7H3. The Balaban J connectivity index is 1.79. The molecule has 0 aromatic heterocycles. The van der Waals surface area contributed by atoms with E-state index in [0.29, 0.717) is 25.6 Å². The highest BCUT2D eigenvalue weighted by molar-refractivity contribution is 6.45. The number of rotatable bonds is 9. The van der Waals surface area contributed by atoms with Gasteiger partial charge in [0.2, 0.25) is 0 Å². The van der Waals surface area contributed by atoms with Crippen LogP contribution in [0.1, 0.15) is 79.7 Å². The summed E-state index contributed by atoms with van der Waals surface area (Å²) in [5.41, 5.74) is 7.03. The Bertz CT molecular complexity index is 1020. The Hall–Kier alpha value is -2.75. The highest BCUT2D eigenvalue weighted by Crippen LogP contribution is 2.40. The van der Waals surface area contributed by atoms with Gasteiger partial charge < -0.3 is 18.8 Å². The summed E-state index contributed by atoms with van der Waals surface area (Å²) >= 11 is 0. The molecular weight excluding hydrogens is 487 g/mol. The van der Waals surface area contributed by atoms with E-state index in [9.17, 15) is 9.59 Å². The zero-order valence-corrected chi connectivity index (χ0v) is 23.7. The first-order valence-electron chi connectivity index (χ1n) is 13.3. The molecule has 3 rings (SSSR count). The minimum absolute atomic E-state index is 0.0731. The molecular formula is C27H41BN4O6. The molecule has 2 unspecified atom stereocenters. The first kappa shape index (κ1) is 29.8. The van der Waals surface area contributed by atoms with Crippen LogP contribution < -0.4 is 0 Å². The molecule has 1 amide bonds. The smallest absolute Gasteiger partial charge is 0.457 e. The lowest BCUT2D eigenvalue weighted by molar-refractivity contribution is -0.158. The van der Waals surface area contributed by atoms with E-state index < -0.39 is 40.4 Å². The topological polar surface area (TPSA) is 123 Å². The van der Waals surface area contributed by atoms with E-state index in [4.69, 9.17) is 24.3 Å². The van der Waals surface area contributed by atoms with Crippen molar-refractivity contribution in [1.82, 2.24) is 4.90 Å². The van der Waals surface area contributed by atoms with E-state index in [1.165, 1.54) is 4.90 Å². The maximum Gasteiger partial charge on any atom is 0.457 e. The minimum Gasteiger partial charge on any atom is -0.459 e. The van der Waals surface area contributed by atoms with Crippen LogP contribution in [-0.4, -0.2) is 59.0 Å². The number of amides is 1. The maximum absolute atomic E-state index is 13.7. The van der Waals surface area contributed by atoms with Crippen LogP contribution in [0.2, 0.25) is 6.32 Å². The number of carbonyl (C=O) groups excluding carboxylic acids is 2. The third kappa shape index (κ3) is 7.01. The molecule has 10 nitrogen and oxygen atoms in total. The molecule has 1 aromatic rings. The Morgan fingerprint density at radius 2 is 1.76 bits per heavy atom. The fourth-order valence-electron chi connectivity index (χ4n) is 4.87. The zero-order chi connectivity index (χ0) is 28.2. The summed E-state index contributed by atoms with van der Waals surface area (Å²) in [7, 11) is -0.345. The van der Waals surface area contributed by atoms with Crippen molar-refractivity contribution in [2.45, 2.75) is 115 Å². The second-order valence-electron chi connectivity index (χ2n) is 12.2. The van der Waals surface area contributed by atoms with Crippen molar-refractivity contribution in [3.63, 3.8) is 0 Å². The fraction of sp³-hybridized carbons (Fsp3) is 0.704. The first-order chi connectivity index (χ1) is 17.7. The predicted molar refractivity (Wildman–Crippen MR) is 144 cm³/mol. The number of carbonyl (C=O) groups is 2. The number of ether oxygens (including phenoxy) is 2. The number of nitrogens with zero attached hydrogens (tertiary/aromatic N) is 4. The Labute approximate surface area is 226 Å². The monoisotopic (exact) mass is 528 g/mol. The summed E-state index contributed by atoms with van der Waals surface area (Å²) in [6.07, 6.45) is 1.83. The average Bonchev–Trinajstić information content (AvgIpc) is 3.28. The lowest BCUT2D eigenvalue weighted by Crippen LogP contribution is -2.55. The van der Waals surface area contributed by atoms with Gasteiger partial charge in [0.25, 0.3) is 0 Å². The Morgan fingerprint density at radius 1 is 1.13 bits per heavy atom. The van der Waals surface area contributed by atoms with Crippen molar-refractivity contribution >= 4 is 19.2 Å². The number of hydrogen-bond donors (Lipinski definition) is 0. The van der Waals surface area contributed by atoms with Gasteiger partial charge in [-0.2, -0.15) is 0 Å². The Kier molecular flexibility index (Phi) is 9.06. The summed E-state index contributed by atoms with van der Waals surface area (Å²) in [4.78, 5) is 31.4. The van der Waals surface area contributed by atoms with Crippen molar-refractivity contribution in [2.24, 2.45) is 5.11 Å². The van der Waals surface area contributed by atoms with Crippen molar-refractivity contribution in [3.05, 3.63) is 46.3 Å². The number of unbranched alkanes of at least 4 members (excludes halogenated alkanes) is 1. The van der Waals surface area contributed by atoms with E-state index in [1.54, 1.807) is 20.8 Å². The Morgan fingerprint density at radius 3 is 2.34 bits per heavy atom. The molecule has 0 radical (unpaired) electrons. The molecule has 208 valence electrons. The van der Waals surface area contributed by atoms with Crippen LogP contribution in [0.5, 0.6) is 0 Å². The minimum atomic E-state index is -1.31. The quantitative estimate of drug-likeness (QED) is 0.0960. The normalized spacial score (nSPS) is 24.1. The molecule has 2 fully saturated rings. The van der Waals surface area contributed by atoms with Crippen molar-refractivity contribution in [3.8, 4) is 0 Å². The van der Waals surface area contributed by atoms with Gasteiger partial charge in [-0.1, -0.05) is 48.3 Å². The van der Waals surface area contributed by atoms with Crippen LogP contribution >= 0.6 is 0 Å². The van der Waals surface area contributed by atoms with Crippen LogP contribution in [-0.2, 0) is 30.2 Å². The third-order valence-corrected chi connectivity index (χ3v) is 7.49. The summed E-state index contributed by atoms with van der Waals surface area (Å²) in [5.74, 6) is -0.529. The highest BCUT2D eigenvalue weighted by atomic mass is 16.7.